The molecule has 28 heavy (non-hydrogen) atoms. The van der Waals surface area contributed by atoms with E-state index in [1.807, 2.05) is 42.5 Å². The van der Waals surface area contributed by atoms with Crippen LogP contribution in [0.3, 0.4) is 0 Å². The Kier molecular flexibility index (Phi) is 5.82. The van der Waals surface area contributed by atoms with Crippen LogP contribution in [0.2, 0.25) is 0 Å². The van der Waals surface area contributed by atoms with Gasteiger partial charge in [-0.15, -0.1) is 0 Å². The fourth-order valence-corrected chi connectivity index (χ4v) is 3.38. The second-order valence-electron chi connectivity index (χ2n) is 6.87. The van der Waals surface area contributed by atoms with Crippen molar-refractivity contribution in [3.8, 4) is 11.4 Å². The number of hydrogen-bond acceptors (Lipinski definition) is 6. The third kappa shape index (κ3) is 4.67. The van der Waals surface area contributed by atoms with Crippen LogP contribution in [-0.2, 0) is 0 Å². The first-order valence-electron chi connectivity index (χ1n) is 9.64. The van der Waals surface area contributed by atoms with E-state index in [2.05, 4.69) is 25.3 Å². The van der Waals surface area contributed by atoms with Crippen LogP contribution in [0.1, 0.15) is 6.42 Å². The summed E-state index contributed by atoms with van der Waals surface area (Å²) in [5, 5.41) is 7.21. The molecule has 2 heterocycles. The summed E-state index contributed by atoms with van der Waals surface area (Å²) in [6.45, 7) is 5.75. The molecular weight excluding hydrogens is 357 g/mol. The maximum absolute atomic E-state index is 13.1. The molecule has 1 aliphatic rings. The van der Waals surface area contributed by atoms with Crippen LogP contribution in [-0.4, -0.2) is 54.3 Å². The van der Waals surface area contributed by atoms with Gasteiger partial charge in [-0.3, -0.25) is 4.90 Å². The summed E-state index contributed by atoms with van der Waals surface area (Å²) < 4.78 is 18.3. The molecule has 0 atom stereocenters. The lowest BCUT2D eigenvalue weighted by atomic mass is 10.2. The second-order valence-corrected chi connectivity index (χ2v) is 6.87. The molecule has 6 nitrogen and oxygen atoms in total. The summed E-state index contributed by atoms with van der Waals surface area (Å²) in [6.07, 6.45) is 1.000. The predicted octanol–water partition coefficient (Wildman–Crippen LogP) is 3.50. The lowest BCUT2D eigenvalue weighted by Gasteiger charge is -2.36. The van der Waals surface area contributed by atoms with E-state index in [1.165, 1.54) is 12.1 Å². The third-order valence-corrected chi connectivity index (χ3v) is 4.95. The van der Waals surface area contributed by atoms with Gasteiger partial charge in [-0.25, -0.2) is 4.39 Å². The van der Waals surface area contributed by atoms with Crippen molar-refractivity contribution in [1.82, 2.24) is 15.0 Å². The highest BCUT2D eigenvalue weighted by Crippen LogP contribution is 2.18. The number of nitrogens with one attached hydrogen (secondary N) is 1. The molecule has 0 unspecified atom stereocenters. The minimum absolute atomic E-state index is 0.188. The van der Waals surface area contributed by atoms with Gasteiger partial charge in [0, 0.05) is 44.0 Å². The van der Waals surface area contributed by atoms with Crippen LogP contribution in [0.15, 0.2) is 59.1 Å². The molecule has 0 spiro atoms. The van der Waals surface area contributed by atoms with Crippen molar-refractivity contribution < 1.29 is 8.91 Å². The van der Waals surface area contributed by atoms with E-state index in [9.17, 15) is 4.39 Å². The Morgan fingerprint density at radius 1 is 0.964 bits per heavy atom. The molecule has 1 N–H and O–H groups in total. The highest BCUT2D eigenvalue weighted by Gasteiger charge is 2.17. The first kappa shape index (κ1) is 18.4. The first-order chi connectivity index (χ1) is 13.8. The molecule has 0 amide bonds. The van der Waals surface area contributed by atoms with Gasteiger partial charge in [-0.05, 0) is 37.2 Å². The van der Waals surface area contributed by atoms with Crippen molar-refractivity contribution in [1.29, 1.82) is 0 Å². The average molecular weight is 381 g/mol. The average Bonchev–Trinajstić information content (AvgIpc) is 3.22. The topological polar surface area (TPSA) is 57.4 Å². The number of benzene rings is 2. The molecule has 7 heteroatoms. The molecule has 0 radical (unpaired) electrons. The van der Waals surface area contributed by atoms with Gasteiger partial charge in [0.2, 0.25) is 5.82 Å². The fourth-order valence-electron chi connectivity index (χ4n) is 3.38. The normalized spacial score (nSPS) is 15.0. The minimum atomic E-state index is -0.188. The third-order valence-electron chi connectivity index (χ3n) is 4.95. The molecular formula is C21H24FN5O. The molecule has 0 saturated carbocycles. The van der Waals surface area contributed by atoms with Crippen molar-refractivity contribution in [2.75, 3.05) is 49.5 Å². The summed E-state index contributed by atoms with van der Waals surface area (Å²) in [5.41, 5.74) is 2.03. The van der Waals surface area contributed by atoms with Gasteiger partial charge >= 0.3 is 6.01 Å². The van der Waals surface area contributed by atoms with E-state index >= 15 is 0 Å². The fraction of sp³-hybridized carbons (Fsp3) is 0.333. The number of piperazine rings is 1. The molecule has 0 aliphatic carbocycles. The zero-order valence-electron chi connectivity index (χ0n) is 15.7. The highest BCUT2D eigenvalue weighted by molar-refractivity contribution is 5.54. The Bertz CT molecular complexity index is 860. The van der Waals surface area contributed by atoms with Gasteiger partial charge in [0.15, 0.2) is 0 Å². The summed E-state index contributed by atoms with van der Waals surface area (Å²) in [5.74, 6) is 0.409. The van der Waals surface area contributed by atoms with Crippen LogP contribution in [0.4, 0.5) is 16.1 Å². The van der Waals surface area contributed by atoms with Gasteiger partial charge in [-0.2, -0.15) is 4.98 Å². The quantitative estimate of drug-likeness (QED) is 0.632. The molecule has 3 aromatic rings. The van der Waals surface area contributed by atoms with E-state index in [-0.39, 0.29) is 5.82 Å². The number of halogens is 1. The summed E-state index contributed by atoms with van der Waals surface area (Å²) in [6, 6.07) is 17.0. The Balaban J connectivity index is 1.17. The molecule has 0 bridgehead atoms. The van der Waals surface area contributed by atoms with E-state index < -0.39 is 0 Å². The van der Waals surface area contributed by atoms with E-state index in [4.69, 9.17) is 4.52 Å². The largest absolute Gasteiger partial charge is 0.369 e. The smallest absolute Gasteiger partial charge is 0.321 e. The number of nitrogens with zero attached hydrogens (tertiary/aromatic N) is 4. The maximum atomic E-state index is 13.1. The highest BCUT2D eigenvalue weighted by atomic mass is 19.1. The SMILES string of the molecule is Fc1ccc(N2CCN(CCCNc3nc(-c4ccccc4)no3)CC2)cc1. The second kappa shape index (κ2) is 8.84. The summed E-state index contributed by atoms with van der Waals surface area (Å²) >= 11 is 0. The van der Waals surface area contributed by atoms with E-state index in [0.717, 1.165) is 56.9 Å². The van der Waals surface area contributed by atoms with E-state index in [0.29, 0.717) is 11.8 Å². The number of aromatic nitrogens is 2. The predicted molar refractivity (Wildman–Crippen MR) is 108 cm³/mol. The molecule has 1 saturated heterocycles. The number of hydrogen-bond donors (Lipinski definition) is 1. The van der Waals surface area contributed by atoms with Crippen molar-refractivity contribution in [3.05, 3.63) is 60.4 Å². The monoisotopic (exact) mass is 381 g/mol. The Labute approximate surface area is 164 Å². The van der Waals surface area contributed by atoms with Gasteiger partial charge in [0.25, 0.3) is 0 Å². The number of rotatable bonds is 7. The van der Waals surface area contributed by atoms with Crippen molar-refractivity contribution in [2.45, 2.75) is 6.42 Å². The van der Waals surface area contributed by atoms with Crippen LogP contribution in [0.5, 0.6) is 0 Å². The summed E-state index contributed by atoms with van der Waals surface area (Å²) in [4.78, 5) is 9.13. The Hall–Kier alpha value is -2.93. The zero-order valence-corrected chi connectivity index (χ0v) is 15.7. The van der Waals surface area contributed by atoms with Crippen LogP contribution < -0.4 is 10.2 Å². The summed E-state index contributed by atoms with van der Waals surface area (Å²) in [7, 11) is 0. The van der Waals surface area contributed by atoms with Gasteiger partial charge < -0.3 is 14.7 Å². The first-order valence-corrected chi connectivity index (χ1v) is 9.64. The maximum Gasteiger partial charge on any atom is 0.321 e. The van der Waals surface area contributed by atoms with Gasteiger partial charge in [-0.1, -0.05) is 35.5 Å². The molecule has 1 aliphatic heterocycles. The van der Waals surface area contributed by atoms with Crippen LogP contribution in [0.25, 0.3) is 11.4 Å². The number of anilines is 2. The lowest BCUT2D eigenvalue weighted by Crippen LogP contribution is -2.46. The van der Waals surface area contributed by atoms with Gasteiger partial charge in [0.05, 0.1) is 0 Å². The standard InChI is InChI=1S/C21H24FN5O/c22-18-7-9-19(10-8-18)27-15-13-26(14-16-27)12-4-11-23-21-24-20(25-28-21)17-5-2-1-3-6-17/h1-3,5-10H,4,11-16H2,(H,23,24,25). The molecule has 1 fully saturated rings. The van der Waals surface area contributed by atoms with Gasteiger partial charge in [0.1, 0.15) is 5.82 Å². The van der Waals surface area contributed by atoms with Crippen molar-refractivity contribution in [2.24, 2.45) is 0 Å². The van der Waals surface area contributed by atoms with Crippen molar-refractivity contribution >= 4 is 11.7 Å². The van der Waals surface area contributed by atoms with Crippen LogP contribution in [0, 0.1) is 5.82 Å². The lowest BCUT2D eigenvalue weighted by molar-refractivity contribution is 0.257. The molecule has 146 valence electrons. The molecule has 2 aromatic carbocycles. The molecule has 4 rings (SSSR count). The van der Waals surface area contributed by atoms with E-state index in [1.54, 1.807) is 0 Å². The molecule has 1 aromatic heterocycles. The van der Waals surface area contributed by atoms with Crippen LogP contribution >= 0.6 is 0 Å². The zero-order chi connectivity index (χ0) is 19.2. The Morgan fingerprint density at radius 2 is 1.71 bits per heavy atom. The minimum Gasteiger partial charge on any atom is -0.369 e. The Morgan fingerprint density at radius 3 is 2.46 bits per heavy atom. The van der Waals surface area contributed by atoms with Crippen molar-refractivity contribution in [3.63, 3.8) is 0 Å².